The van der Waals surface area contributed by atoms with Gasteiger partial charge in [0.15, 0.2) is 5.82 Å². The highest BCUT2D eigenvalue weighted by Gasteiger charge is 2.24. The summed E-state index contributed by atoms with van der Waals surface area (Å²) in [5.41, 5.74) is 1.46. The quantitative estimate of drug-likeness (QED) is 0.764. The average Bonchev–Trinajstić information content (AvgIpc) is 2.51. The third-order valence-electron chi connectivity index (χ3n) is 3.91. The van der Waals surface area contributed by atoms with Crippen molar-refractivity contribution in [2.75, 3.05) is 18.0 Å². The Balaban J connectivity index is 1.79. The maximum absolute atomic E-state index is 6.21. The lowest BCUT2D eigenvalue weighted by Crippen LogP contribution is -2.36. The van der Waals surface area contributed by atoms with E-state index in [4.69, 9.17) is 23.2 Å². The van der Waals surface area contributed by atoms with E-state index in [0.29, 0.717) is 10.9 Å². The standard InChI is InChI=1S/C15H17Cl2N3/c16-13-9-18-15(17)19-14(13)20-8-4-7-12(10-20)11-5-2-1-3-6-11/h2,5-6,9,12H,1,3-4,7-8,10H2. The molecule has 0 amide bonds. The van der Waals surface area contributed by atoms with Crippen molar-refractivity contribution in [2.24, 2.45) is 5.92 Å². The molecule has 1 aliphatic heterocycles. The zero-order valence-electron chi connectivity index (χ0n) is 11.2. The maximum atomic E-state index is 6.21. The number of halogens is 2. The molecule has 0 saturated carbocycles. The first-order valence-electron chi connectivity index (χ1n) is 7.03. The van der Waals surface area contributed by atoms with E-state index in [1.807, 2.05) is 0 Å². The monoisotopic (exact) mass is 309 g/mol. The molecule has 1 fully saturated rings. The van der Waals surface area contributed by atoms with Gasteiger partial charge in [-0.25, -0.2) is 4.98 Å². The molecule has 1 saturated heterocycles. The van der Waals surface area contributed by atoms with Crippen molar-refractivity contribution in [1.29, 1.82) is 0 Å². The molecule has 1 aromatic rings. The Bertz CT molecular complexity index is 554. The van der Waals surface area contributed by atoms with E-state index in [9.17, 15) is 0 Å². The summed E-state index contributed by atoms with van der Waals surface area (Å²) in [6.07, 6.45) is 13.2. The highest BCUT2D eigenvalue weighted by Crippen LogP contribution is 2.32. The molecule has 2 aliphatic rings. The van der Waals surface area contributed by atoms with Crippen LogP contribution < -0.4 is 4.90 Å². The van der Waals surface area contributed by atoms with E-state index in [2.05, 4.69) is 33.1 Å². The number of hydrogen-bond donors (Lipinski definition) is 0. The van der Waals surface area contributed by atoms with Gasteiger partial charge in [-0.1, -0.05) is 29.8 Å². The second kappa shape index (κ2) is 6.15. The van der Waals surface area contributed by atoms with Crippen molar-refractivity contribution in [2.45, 2.75) is 25.7 Å². The van der Waals surface area contributed by atoms with Crippen LogP contribution in [0.4, 0.5) is 5.82 Å². The van der Waals surface area contributed by atoms with Crippen LogP contribution in [0.5, 0.6) is 0 Å². The number of nitrogens with zero attached hydrogens (tertiary/aromatic N) is 3. The first-order valence-corrected chi connectivity index (χ1v) is 7.79. The lowest BCUT2D eigenvalue weighted by Gasteiger charge is -2.35. The van der Waals surface area contributed by atoms with E-state index in [-0.39, 0.29) is 5.28 Å². The minimum atomic E-state index is 0.253. The van der Waals surface area contributed by atoms with Crippen molar-refractivity contribution in [3.8, 4) is 0 Å². The van der Waals surface area contributed by atoms with Gasteiger partial charge < -0.3 is 4.90 Å². The molecule has 0 aromatic carbocycles. The molecule has 1 aliphatic carbocycles. The van der Waals surface area contributed by atoms with Gasteiger partial charge in [0.2, 0.25) is 5.28 Å². The van der Waals surface area contributed by atoms with Crippen LogP contribution in [0.3, 0.4) is 0 Å². The fourth-order valence-electron chi connectivity index (χ4n) is 2.94. The highest BCUT2D eigenvalue weighted by atomic mass is 35.5. The molecule has 2 heterocycles. The number of aromatic nitrogens is 2. The Morgan fingerprint density at radius 1 is 1.25 bits per heavy atom. The third kappa shape index (κ3) is 2.99. The van der Waals surface area contributed by atoms with Crippen LogP contribution in [0.25, 0.3) is 0 Å². The molecule has 0 spiro atoms. The molecule has 20 heavy (non-hydrogen) atoms. The Morgan fingerprint density at radius 2 is 2.15 bits per heavy atom. The lowest BCUT2D eigenvalue weighted by atomic mass is 9.87. The van der Waals surface area contributed by atoms with Gasteiger partial charge in [0, 0.05) is 19.0 Å². The predicted molar refractivity (Wildman–Crippen MR) is 83.4 cm³/mol. The van der Waals surface area contributed by atoms with Crippen molar-refractivity contribution in [3.63, 3.8) is 0 Å². The molecular weight excluding hydrogens is 293 g/mol. The first kappa shape index (κ1) is 13.9. The van der Waals surface area contributed by atoms with Crippen LogP contribution in [-0.4, -0.2) is 23.1 Å². The number of allylic oxidation sites excluding steroid dienone is 3. The van der Waals surface area contributed by atoms with Crippen LogP contribution in [0.1, 0.15) is 25.7 Å². The van der Waals surface area contributed by atoms with E-state index in [1.54, 1.807) is 6.20 Å². The summed E-state index contributed by atoms with van der Waals surface area (Å²) in [5, 5.41) is 0.825. The number of hydrogen-bond acceptors (Lipinski definition) is 3. The van der Waals surface area contributed by atoms with Gasteiger partial charge in [-0.2, -0.15) is 4.98 Å². The number of anilines is 1. The van der Waals surface area contributed by atoms with Gasteiger partial charge in [-0.3, -0.25) is 0 Å². The van der Waals surface area contributed by atoms with Gasteiger partial charge in [0.1, 0.15) is 5.02 Å². The van der Waals surface area contributed by atoms with Gasteiger partial charge >= 0.3 is 0 Å². The minimum absolute atomic E-state index is 0.253. The topological polar surface area (TPSA) is 29.0 Å². The Hall–Kier alpha value is -1.06. The van der Waals surface area contributed by atoms with Gasteiger partial charge in [0.05, 0.1) is 6.20 Å². The summed E-state index contributed by atoms with van der Waals surface area (Å²) in [5.74, 6) is 1.32. The van der Waals surface area contributed by atoms with Crippen LogP contribution in [0, 0.1) is 5.92 Å². The summed E-state index contributed by atoms with van der Waals surface area (Å²) in [7, 11) is 0. The zero-order valence-corrected chi connectivity index (χ0v) is 12.7. The lowest BCUT2D eigenvalue weighted by molar-refractivity contribution is 0.467. The fourth-order valence-corrected chi connectivity index (χ4v) is 3.28. The van der Waals surface area contributed by atoms with Crippen molar-refractivity contribution in [3.05, 3.63) is 40.3 Å². The van der Waals surface area contributed by atoms with E-state index in [1.165, 1.54) is 12.0 Å². The first-order chi connectivity index (χ1) is 9.74. The largest absolute Gasteiger partial charge is 0.355 e. The summed E-state index contributed by atoms with van der Waals surface area (Å²) in [6, 6.07) is 0. The Morgan fingerprint density at radius 3 is 2.95 bits per heavy atom. The zero-order chi connectivity index (χ0) is 13.9. The molecule has 0 radical (unpaired) electrons. The summed E-state index contributed by atoms with van der Waals surface area (Å²) < 4.78 is 0. The van der Waals surface area contributed by atoms with Crippen LogP contribution >= 0.6 is 23.2 Å². The summed E-state index contributed by atoms with van der Waals surface area (Å²) in [4.78, 5) is 10.4. The van der Waals surface area contributed by atoms with Crippen molar-refractivity contribution in [1.82, 2.24) is 9.97 Å². The van der Waals surface area contributed by atoms with Gasteiger partial charge in [-0.05, 0) is 42.9 Å². The van der Waals surface area contributed by atoms with Gasteiger partial charge in [-0.15, -0.1) is 0 Å². The fraction of sp³-hybridized carbons (Fsp3) is 0.467. The minimum Gasteiger partial charge on any atom is -0.355 e. The smallest absolute Gasteiger partial charge is 0.224 e. The molecule has 1 aromatic heterocycles. The SMILES string of the molecule is Clc1ncc(Cl)c(N2CCCC(C3=CCCC=C3)C2)n1. The van der Waals surface area contributed by atoms with Crippen LogP contribution in [-0.2, 0) is 0 Å². The molecule has 106 valence electrons. The molecular formula is C15H17Cl2N3. The molecule has 5 heteroatoms. The molecule has 1 atom stereocenters. The summed E-state index contributed by atoms with van der Waals surface area (Å²) >= 11 is 12.1. The summed E-state index contributed by atoms with van der Waals surface area (Å²) in [6.45, 7) is 1.92. The molecule has 0 bridgehead atoms. The normalized spacial score (nSPS) is 22.8. The van der Waals surface area contributed by atoms with Crippen LogP contribution in [0.2, 0.25) is 10.3 Å². The van der Waals surface area contributed by atoms with Crippen molar-refractivity contribution >= 4 is 29.0 Å². The number of rotatable bonds is 2. The number of piperidine rings is 1. The Kier molecular flexibility index (Phi) is 4.27. The van der Waals surface area contributed by atoms with E-state index < -0.39 is 0 Å². The van der Waals surface area contributed by atoms with Gasteiger partial charge in [0.25, 0.3) is 0 Å². The third-order valence-corrected chi connectivity index (χ3v) is 4.36. The molecule has 1 unspecified atom stereocenters. The molecule has 3 nitrogen and oxygen atoms in total. The second-order valence-corrected chi connectivity index (χ2v) is 6.02. The van der Waals surface area contributed by atoms with Crippen molar-refractivity contribution < 1.29 is 0 Å². The highest BCUT2D eigenvalue weighted by molar-refractivity contribution is 6.33. The van der Waals surface area contributed by atoms with Crippen LogP contribution in [0.15, 0.2) is 30.0 Å². The Labute approximate surface area is 129 Å². The predicted octanol–water partition coefficient (Wildman–Crippen LogP) is 4.28. The molecule has 0 N–H and O–H groups in total. The molecule has 3 rings (SSSR count). The second-order valence-electron chi connectivity index (χ2n) is 5.28. The average molecular weight is 310 g/mol. The maximum Gasteiger partial charge on any atom is 0.224 e. The van der Waals surface area contributed by atoms with E-state index >= 15 is 0 Å². The van der Waals surface area contributed by atoms with E-state index in [0.717, 1.165) is 38.2 Å².